The maximum atomic E-state index is 12.9. The van der Waals surface area contributed by atoms with Crippen molar-refractivity contribution in [2.24, 2.45) is 0 Å². The van der Waals surface area contributed by atoms with Gasteiger partial charge in [0.1, 0.15) is 13.2 Å². The molecule has 0 aromatic carbocycles. The Morgan fingerprint density at radius 3 is 0.840 bits per heavy atom. The first-order chi connectivity index (χ1) is 37.0. The molecule has 424 valence electrons. The van der Waals surface area contributed by atoms with Crippen LogP contribution in [0.3, 0.4) is 0 Å². The molecule has 0 aliphatic carbocycles. The highest BCUT2D eigenvalue weighted by Gasteiger charge is 2.19. The number of allylic oxidation sites excluding steroid dienone is 22. The van der Waals surface area contributed by atoms with Gasteiger partial charge >= 0.3 is 17.9 Å². The third-order valence-corrected chi connectivity index (χ3v) is 12.7. The molecule has 0 saturated heterocycles. The smallest absolute Gasteiger partial charge is 0.306 e. The lowest BCUT2D eigenvalue weighted by molar-refractivity contribution is -0.167. The highest BCUT2D eigenvalue weighted by molar-refractivity contribution is 5.71. The molecule has 0 aromatic rings. The van der Waals surface area contributed by atoms with Crippen molar-refractivity contribution in [3.8, 4) is 0 Å². The number of ether oxygens (including phenoxy) is 3. The molecule has 0 amide bonds. The van der Waals surface area contributed by atoms with Gasteiger partial charge in [-0.25, -0.2) is 0 Å². The Bertz CT molecular complexity index is 1620. The zero-order valence-corrected chi connectivity index (χ0v) is 48.5. The largest absolute Gasteiger partial charge is 0.462 e. The van der Waals surface area contributed by atoms with Crippen molar-refractivity contribution in [1.82, 2.24) is 0 Å². The third-order valence-electron chi connectivity index (χ3n) is 12.7. The summed E-state index contributed by atoms with van der Waals surface area (Å²) < 4.78 is 16.9. The van der Waals surface area contributed by atoms with Gasteiger partial charge in [-0.2, -0.15) is 0 Å². The van der Waals surface area contributed by atoms with Crippen LogP contribution in [0, 0.1) is 0 Å². The fourth-order valence-electron chi connectivity index (χ4n) is 8.12. The molecule has 0 bridgehead atoms. The molecule has 0 N–H and O–H groups in total. The molecule has 0 aromatic heterocycles. The van der Waals surface area contributed by atoms with Crippen molar-refractivity contribution in [2.75, 3.05) is 13.2 Å². The molecule has 0 fully saturated rings. The SMILES string of the molecule is CC/C=C\C/C=C\C/C=C\C/C=C\C/C=C\C/C=C\CCCCC(=O)OCC(COC(=O)CCCCCCCCCCCCCCCCC)OC(=O)CCCCCCC/C=C\C/C=C\C/C=C\C/C=C\C/C=C\CC. The van der Waals surface area contributed by atoms with Crippen LogP contribution in [0.2, 0.25) is 0 Å². The van der Waals surface area contributed by atoms with Crippen molar-refractivity contribution < 1.29 is 28.6 Å². The maximum absolute atomic E-state index is 12.9. The Kier molecular flexibility index (Phi) is 58.4. The van der Waals surface area contributed by atoms with E-state index in [1.54, 1.807) is 0 Å². The number of unbranched alkanes of at least 4 members (excludes halogenated alkanes) is 21. The van der Waals surface area contributed by atoms with Crippen LogP contribution in [-0.2, 0) is 28.6 Å². The predicted molar refractivity (Wildman–Crippen MR) is 325 cm³/mol. The van der Waals surface area contributed by atoms with Gasteiger partial charge in [0.25, 0.3) is 0 Å². The highest BCUT2D eigenvalue weighted by Crippen LogP contribution is 2.15. The molecule has 0 rings (SSSR count). The van der Waals surface area contributed by atoms with Gasteiger partial charge in [0.05, 0.1) is 0 Å². The molecule has 6 heteroatoms. The van der Waals surface area contributed by atoms with Crippen LogP contribution in [0.4, 0.5) is 0 Å². The Hall–Kier alpha value is -4.45. The number of carbonyl (C=O) groups is 3. The van der Waals surface area contributed by atoms with Crippen molar-refractivity contribution >= 4 is 17.9 Å². The van der Waals surface area contributed by atoms with Gasteiger partial charge in [-0.05, 0) is 116 Å². The number of hydrogen-bond donors (Lipinski definition) is 0. The molecule has 6 nitrogen and oxygen atoms in total. The second-order valence-corrected chi connectivity index (χ2v) is 19.9. The Morgan fingerprint density at radius 2 is 0.520 bits per heavy atom. The van der Waals surface area contributed by atoms with Crippen molar-refractivity contribution in [3.05, 3.63) is 134 Å². The lowest BCUT2D eigenvalue weighted by atomic mass is 10.0. The molecule has 0 aliphatic heterocycles. The first kappa shape index (κ1) is 70.5. The van der Waals surface area contributed by atoms with E-state index in [2.05, 4.69) is 154 Å². The van der Waals surface area contributed by atoms with Gasteiger partial charge in [0.2, 0.25) is 0 Å². The minimum Gasteiger partial charge on any atom is -0.462 e. The summed E-state index contributed by atoms with van der Waals surface area (Å²) in [6.07, 6.45) is 87.3. The summed E-state index contributed by atoms with van der Waals surface area (Å²) >= 11 is 0. The standard InChI is InChI=1S/C69H112O6/c1-4-7-10-13-16-19-22-25-28-30-32-34-36-38-41-44-47-50-53-56-59-62-68(71)74-65-66(64-73-67(70)61-58-55-52-49-46-43-40-27-24-21-18-15-12-9-6-3)75-69(72)63-60-57-54-51-48-45-42-39-37-35-33-31-29-26-23-20-17-14-11-8-5-2/h7-8,10-11,16-17,19-20,25-26,28-29,32-35,38-39,41-42,47,50,66H,4-6,9,12-15,18,21-24,27,30-31,36-37,40,43-46,48-49,51-65H2,1-3H3/b10-7-,11-8-,19-16-,20-17-,28-25-,29-26-,34-32-,35-33-,41-38-,42-39-,50-47-. The van der Waals surface area contributed by atoms with Gasteiger partial charge in [-0.1, -0.05) is 264 Å². The second kappa shape index (κ2) is 62.1. The molecular weight excluding hydrogens is 925 g/mol. The average molecular weight is 1040 g/mol. The summed E-state index contributed by atoms with van der Waals surface area (Å²) in [5, 5.41) is 0. The Balaban J connectivity index is 4.52. The monoisotopic (exact) mass is 1040 g/mol. The highest BCUT2D eigenvalue weighted by atomic mass is 16.6. The second-order valence-electron chi connectivity index (χ2n) is 19.9. The third kappa shape index (κ3) is 60.3. The van der Waals surface area contributed by atoms with Crippen LogP contribution in [0.25, 0.3) is 0 Å². The van der Waals surface area contributed by atoms with E-state index >= 15 is 0 Å². The minimum atomic E-state index is -0.811. The van der Waals surface area contributed by atoms with Crippen LogP contribution in [0.15, 0.2) is 134 Å². The van der Waals surface area contributed by atoms with Gasteiger partial charge in [-0.15, -0.1) is 0 Å². The number of hydrogen-bond acceptors (Lipinski definition) is 6. The lowest BCUT2D eigenvalue weighted by Crippen LogP contribution is -2.30. The van der Waals surface area contributed by atoms with E-state index in [1.165, 1.54) is 77.0 Å². The van der Waals surface area contributed by atoms with E-state index < -0.39 is 6.10 Å². The summed E-state index contributed by atoms with van der Waals surface area (Å²) in [5.41, 5.74) is 0. The first-order valence-corrected chi connectivity index (χ1v) is 30.7. The fraction of sp³-hybridized carbons (Fsp3) is 0.638. The summed E-state index contributed by atoms with van der Waals surface area (Å²) in [4.78, 5) is 38.3. The summed E-state index contributed by atoms with van der Waals surface area (Å²) in [6.45, 7) is 6.37. The quantitative estimate of drug-likeness (QED) is 0.0261. The summed E-state index contributed by atoms with van der Waals surface area (Å²) in [6, 6.07) is 0. The molecular formula is C69H112O6. The molecule has 75 heavy (non-hydrogen) atoms. The van der Waals surface area contributed by atoms with Crippen LogP contribution in [0.5, 0.6) is 0 Å². The molecule has 0 radical (unpaired) electrons. The molecule has 1 unspecified atom stereocenters. The van der Waals surface area contributed by atoms with Gasteiger partial charge in [0, 0.05) is 19.3 Å². The maximum Gasteiger partial charge on any atom is 0.306 e. The van der Waals surface area contributed by atoms with E-state index in [1.807, 2.05) is 0 Å². The van der Waals surface area contributed by atoms with E-state index in [0.29, 0.717) is 25.7 Å². The fourth-order valence-corrected chi connectivity index (χ4v) is 8.12. The summed E-state index contributed by atoms with van der Waals surface area (Å²) in [7, 11) is 0. The predicted octanol–water partition coefficient (Wildman–Crippen LogP) is 21.0. The van der Waals surface area contributed by atoms with Gasteiger partial charge in [-0.3, -0.25) is 14.4 Å². The number of rotatable bonds is 54. The molecule has 0 aliphatic rings. The van der Waals surface area contributed by atoms with Crippen LogP contribution in [0.1, 0.15) is 265 Å². The zero-order chi connectivity index (χ0) is 54.3. The summed E-state index contributed by atoms with van der Waals surface area (Å²) in [5.74, 6) is -0.965. The van der Waals surface area contributed by atoms with E-state index in [0.717, 1.165) is 141 Å². The van der Waals surface area contributed by atoms with Crippen LogP contribution in [-0.4, -0.2) is 37.2 Å². The lowest BCUT2D eigenvalue weighted by Gasteiger charge is -2.18. The normalized spacial score (nSPS) is 13.1. The molecule has 0 saturated carbocycles. The van der Waals surface area contributed by atoms with Gasteiger partial charge < -0.3 is 14.2 Å². The van der Waals surface area contributed by atoms with E-state index in [9.17, 15) is 14.4 Å². The van der Waals surface area contributed by atoms with E-state index in [4.69, 9.17) is 14.2 Å². The van der Waals surface area contributed by atoms with Crippen molar-refractivity contribution in [1.29, 1.82) is 0 Å². The van der Waals surface area contributed by atoms with Gasteiger partial charge in [0.15, 0.2) is 6.10 Å². The molecule has 1 atom stereocenters. The topological polar surface area (TPSA) is 78.9 Å². The first-order valence-electron chi connectivity index (χ1n) is 30.7. The molecule has 0 spiro atoms. The number of carbonyl (C=O) groups excluding carboxylic acids is 3. The zero-order valence-electron chi connectivity index (χ0n) is 48.5. The van der Waals surface area contributed by atoms with Crippen LogP contribution >= 0.6 is 0 Å². The number of esters is 3. The molecule has 0 heterocycles. The Morgan fingerprint density at radius 1 is 0.280 bits per heavy atom. The van der Waals surface area contributed by atoms with E-state index in [-0.39, 0.29) is 31.1 Å². The van der Waals surface area contributed by atoms with Crippen molar-refractivity contribution in [3.63, 3.8) is 0 Å². The average Bonchev–Trinajstić information content (AvgIpc) is 3.41. The van der Waals surface area contributed by atoms with Crippen LogP contribution < -0.4 is 0 Å². The Labute approximate surface area is 462 Å². The minimum absolute atomic E-state index is 0.102. The van der Waals surface area contributed by atoms with Crippen molar-refractivity contribution in [2.45, 2.75) is 271 Å².